The second kappa shape index (κ2) is 7.54. The van der Waals surface area contributed by atoms with Gasteiger partial charge in [0.1, 0.15) is 5.54 Å². The number of benzene rings is 2. The number of nitrogens with zero attached hydrogens (tertiary/aromatic N) is 1. The highest BCUT2D eigenvalue weighted by atomic mass is 16.2. The van der Waals surface area contributed by atoms with Crippen molar-refractivity contribution in [1.29, 1.82) is 0 Å². The van der Waals surface area contributed by atoms with Gasteiger partial charge in [-0.2, -0.15) is 0 Å². The Hall–Kier alpha value is -3.41. The number of anilines is 2. The van der Waals surface area contributed by atoms with Crippen molar-refractivity contribution in [2.45, 2.75) is 31.7 Å². The van der Waals surface area contributed by atoms with Gasteiger partial charge < -0.3 is 15.5 Å². The molecule has 0 aliphatic carbocycles. The number of hydrogen-bond donors (Lipinski definition) is 2. The van der Waals surface area contributed by atoms with Gasteiger partial charge in [0.25, 0.3) is 5.91 Å². The minimum absolute atomic E-state index is 0.153. The number of hydrogen-bond acceptors (Lipinski definition) is 3. The average Bonchev–Trinajstić information content (AvgIpc) is 3.11. The molecule has 6 nitrogen and oxygen atoms in total. The molecule has 6 heteroatoms. The van der Waals surface area contributed by atoms with Crippen LogP contribution in [0.1, 0.15) is 24.0 Å². The summed E-state index contributed by atoms with van der Waals surface area (Å²) in [6, 6.07) is 15.1. The molecule has 1 atom stereocenters. The lowest BCUT2D eigenvalue weighted by molar-refractivity contribution is -0.139. The molecule has 0 bridgehead atoms. The lowest BCUT2D eigenvalue weighted by Crippen LogP contribution is -2.58. The molecule has 1 spiro atoms. The predicted molar refractivity (Wildman–Crippen MR) is 111 cm³/mol. The predicted octanol–water partition coefficient (Wildman–Crippen LogP) is 3.05. The average molecular weight is 389 g/mol. The van der Waals surface area contributed by atoms with Crippen molar-refractivity contribution in [1.82, 2.24) is 4.90 Å². The Balaban J connectivity index is 1.49. The number of rotatable bonds is 3. The van der Waals surface area contributed by atoms with Crippen molar-refractivity contribution in [3.05, 3.63) is 71.8 Å². The molecule has 2 aliphatic rings. The Bertz CT molecular complexity index is 1010. The van der Waals surface area contributed by atoms with Crippen LogP contribution in [0.25, 0.3) is 0 Å². The third-order valence-corrected chi connectivity index (χ3v) is 5.59. The molecule has 0 aromatic heterocycles. The number of nitrogens with one attached hydrogen (secondary N) is 2. The summed E-state index contributed by atoms with van der Waals surface area (Å²) in [6.07, 6.45) is 4.34. The maximum absolute atomic E-state index is 12.9. The number of aryl methyl sites for hydroxylation is 1. The van der Waals surface area contributed by atoms with Gasteiger partial charge in [0.15, 0.2) is 0 Å². The molecule has 1 saturated heterocycles. The van der Waals surface area contributed by atoms with Gasteiger partial charge in [0.05, 0.1) is 0 Å². The SMILES string of the molecule is Cc1cccc(NC(=O)C=CC(=O)N2CCCC23Cc2ccccc2NC3=O)c1. The van der Waals surface area contributed by atoms with Crippen LogP contribution >= 0.6 is 0 Å². The monoisotopic (exact) mass is 389 g/mol. The highest BCUT2D eigenvalue weighted by molar-refractivity contribution is 6.07. The topological polar surface area (TPSA) is 78.5 Å². The van der Waals surface area contributed by atoms with E-state index < -0.39 is 5.54 Å². The fourth-order valence-corrected chi connectivity index (χ4v) is 4.19. The summed E-state index contributed by atoms with van der Waals surface area (Å²) < 4.78 is 0. The summed E-state index contributed by atoms with van der Waals surface area (Å²) in [5.74, 6) is -0.855. The van der Waals surface area contributed by atoms with Gasteiger partial charge in [-0.3, -0.25) is 14.4 Å². The molecular formula is C23H23N3O3. The van der Waals surface area contributed by atoms with E-state index in [4.69, 9.17) is 0 Å². The standard InChI is InChI=1S/C23H23N3O3/c1-16-6-4-8-18(14-16)24-20(27)10-11-21(28)26-13-5-12-23(26)15-17-7-2-3-9-19(17)25-22(23)29/h2-4,6-11,14H,5,12-13,15H2,1H3,(H,24,27)(H,25,29). The highest BCUT2D eigenvalue weighted by Gasteiger charge is 2.51. The Morgan fingerprint density at radius 1 is 1.14 bits per heavy atom. The summed E-state index contributed by atoms with van der Waals surface area (Å²) in [7, 11) is 0. The Kier molecular flexibility index (Phi) is 4.92. The van der Waals surface area contributed by atoms with Crippen molar-refractivity contribution in [2.24, 2.45) is 0 Å². The zero-order chi connectivity index (χ0) is 20.4. The molecule has 0 radical (unpaired) electrons. The second-order valence-corrected chi connectivity index (χ2v) is 7.61. The van der Waals surface area contributed by atoms with Gasteiger partial charge in [-0.15, -0.1) is 0 Å². The van der Waals surface area contributed by atoms with E-state index in [-0.39, 0.29) is 17.7 Å². The molecule has 2 aromatic carbocycles. The molecule has 2 N–H and O–H groups in total. The van der Waals surface area contributed by atoms with Crippen LogP contribution in [0.15, 0.2) is 60.7 Å². The normalized spacial score (nSPS) is 20.6. The third kappa shape index (κ3) is 3.66. The first-order valence-electron chi connectivity index (χ1n) is 9.75. The van der Waals surface area contributed by atoms with Gasteiger partial charge in [-0.05, 0) is 49.1 Å². The molecule has 4 rings (SSSR count). The van der Waals surface area contributed by atoms with E-state index in [2.05, 4.69) is 10.6 Å². The minimum atomic E-state index is -0.886. The quantitative estimate of drug-likeness (QED) is 0.792. The zero-order valence-electron chi connectivity index (χ0n) is 16.3. The van der Waals surface area contributed by atoms with Crippen molar-refractivity contribution in [3.63, 3.8) is 0 Å². The van der Waals surface area contributed by atoms with Crippen LogP contribution in [0.2, 0.25) is 0 Å². The first-order valence-corrected chi connectivity index (χ1v) is 9.75. The minimum Gasteiger partial charge on any atom is -0.324 e. The van der Waals surface area contributed by atoms with E-state index in [0.717, 1.165) is 23.2 Å². The van der Waals surface area contributed by atoms with Crippen molar-refractivity contribution < 1.29 is 14.4 Å². The van der Waals surface area contributed by atoms with E-state index in [9.17, 15) is 14.4 Å². The Labute approximate surface area is 169 Å². The molecule has 1 unspecified atom stereocenters. The molecule has 1 fully saturated rings. The molecule has 148 valence electrons. The summed E-state index contributed by atoms with van der Waals surface area (Å²) in [5, 5.41) is 5.69. The van der Waals surface area contributed by atoms with Crippen LogP contribution in [-0.2, 0) is 20.8 Å². The first kappa shape index (κ1) is 18.9. The van der Waals surface area contributed by atoms with Crippen LogP contribution in [0.4, 0.5) is 11.4 Å². The maximum Gasteiger partial charge on any atom is 0.250 e. The molecule has 3 amide bonds. The number of para-hydroxylation sites is 1. The van der Waals surface area contributed by atoms with Crippen LogP contribution in [-0.4, -0.2) is 34.7 Å². The van der Waals surface area contributed by atoms with Crippen molar-refractivity contribution in [3.8, 4) is 0 Å². The summed E-state index contributed by atoms with van der Waals surface area (Å²) in [6.45, 7) is 2.44. The third-order valence-electron chi connectivity index (χ3n) is 5.59. The number of likely N-dealkylation sites (tertiary alicyclic amines) is 1. The fourth-order valence-electron chi connectivity index (χ4n) is 4.19. The van der Waals surface area contributed by atoms with E-state index in [1.165, 1.54) is 12.2 Å². The number of carbonyl (C=O) groups is 3. The zero-order valence-corrected chi connectivity index (χ0v) is 16.3. The van der Waals surface area contributed by atoms with Gasteiger partial charge in [-0.1, -0.05) is 30.3 Å². The van der Waals surface area contributed by atoms with Gasteiger partial charge >= 0.3 is 0 Å². The molecule has 29 heavy (non-hydrogen) atoms. The van der Waals surface area contributed by atoms with Crippen molar-refractivity contribution in [2.75, 3.05) is 17.2 Å². The fraction of sp³-hybridized carbons (Fsp3) is 0.261. The molecule has 2 aromatic rings. The molecule has 2 heterocycles. The summed E-state index contributed by atoms with van der Waals surface area (Å²) in [4.78, 5) is 39.6. The summed E-state index contributed by atoms with van der Waals surface area (Å²) >= 11 is 0. The number of amides is 3. The molecular weight excluding hydrogens is 366 g/mol. The largest absolute Gasteiger partial charge is 0.324 e. The van der Waals surface area contributed by atoms with Gasteiger partial charge in [0.2, 0.25) is 11.8 Å². The van der Waals surface area contributed by atoms with Crippen LogP contribution in [0, 0.1) is 6.92 Å². The van der Waals surface area contributed by atoms with E-state index in [0.29, 0.717) is 25.1 Å². The molecule has 0 saturated carbocycles. The number of fused-ring (bicyclic) bond motifs is 1. The van der Waals surface area contributed by atoms with E-state index in [1.54, 1.807) is 11.0 Å². The Morgan fingerprint density at radius 2 is 1.97 bits per heavy atom. The smallest absolute Gasteiger partial charge is 0.250 e. The van der Waals surface area contributed by atoms with E-state index >= 15 is 0 Å². The van der Waals surface area contributed by atoms with Gasteiger partial charge in [0, 0.05) is 36.5 Å². The van der Waals surface area contributed by atoms with Gasteiger partial charge in [-0.25, -0.2) is 0 Å². The number of carbonyl (C=O) groups excluding carboxylic acids is 3. The highest BCUT2D eigenvalue weighted by Crippen LogP contribution is 2.39. The maximum atomic E-state index is 12.9. The lowest BCUT2D eigenvalue weighted by Gasteiger charge is -2.40. The first-order chi connectivity index (χ1) is 14.0. The van der Waals surface area contributed by atoms with Crippen LogP contribution in [0.5, 0.6) is 0 Å². The van der Waals surface area contributed by atoms with Crippen LogP contribution in [0.3, 0.4) is 0 Å². The van der Waals surface area contributed by atoms with Crippen LogP contribution < -0.4 is 10.6 Å². The van der Waals surface area contributed by atoms with Crippen molar-refractivity contribution >= 4 is 29.1 Å². The Morgan fingerprint density at radius 3 is 2.79 bits per heavy atom. The second-order valence-electron chi connectivity index (χ2n) is 7.61. The lowest BCUT2D eigenvalue weighted by atomic mass is 9.83. The molecule has 2 aliphatic heterocycles. The van der Waals surface area contributed by atoms with E-state index in [1.807, 2.05) is 49.4 Å². The summed E-state index contributed by atoms with van der Waals surface area (Å²) in [5.41, 5.74) is 2.64.